The molecule has 0 bridgehead atoms. The fourth-order valence-corrected chi connectivity index (χ4v) is 6.89. The number of nitrogens with zero attached hydrogens (tertiary/aromatic N) is 7. The number of esters is 2. The van der Waals surface area contributed by atoms with E-state index in [1.54, 1.807) is 0 Å². The summed E-state index contributed by atoms with van der Waals surface area (Å²) >= 11 is 0. The first-order valence-electron chi connectivity index (χ1n) is 21.8. The summed E-state index contributed by atoms with van der Waals surface area (Å²) in [5, 5.41) is 7.13. The highest BCUT2D eigenvalue weighted by Gasteiger charge is 2.27. The van der Waals surface area contributed by atoms with Gasteiger partial charge in [-0.3, -0.25) is 18.6 Å². The van der Waals surface area contributed by atoms with Crippen LogP contribution in [-0.2, 0) is 32.7 Å². The Balaban J connectivity index is 4.29. The average molecular weight is 817 g/mol. The van der Waals surface area contributed by atoms with Crippen molar-refractivity contribution in [2.75, 3.05) is 60.6 Å². The number of phosphoric ester groups is 1. The van der Waals surface area contributed by atoms with E-state index in [-0.39, 0.29) is 26.1 Å². The van der Waals surface area contributed by atoms with Crippen LogP contribution < -0.4 is 0 Å². The third-order valence-electron chi connectivity index (χ3n) is 9.57. The summed E-state index contributed by atoms with van der Waals surface area (Å²) in [4.78, 5) is 40.9. The summed E-state index contributed by atoms with van der Waals surface area (Å²) in [5.41, 5.74) is 16.6. The molecule has 0 spiro atoms. The van der Waals surface area contributed by atoms with Crippen LogP contribution in [0.25, 0.3) is 20.9 Å². The molecule has 326 valence electrons. The molecule has 0 aromatic carbocycles. The van der Waals surface area contributed by atoms with E-state index < -0.39 is 32.5 Å². The highest BCUT2D eigenvalue weighted by Crippen LogP contribution is 2.43. The molecule has 0 fully saturated rings. The first-order chi connectivity index (χ1) is 27.0. The quantitative estimate of drug-likeness (QED) is 0.0119. The van der Waals surface area contributed by atoms with Gasteiger partial charge in [-0.1, -0.05) is 151 Å². The Morgan fingerprint density at radius 2 is 0.929 bits per heavy atom. The Morgan fingerprint density at radius 1 is 0.571 bits per heavy atom. The number of azide groups is 2. The number of carbonyl (C=O) groups excluding carboxylic acids is 2. The van der Waals surface area contributed by atoms with Crippen molar-refractivity contribution in [2.45, 2.75) is 186 Å². The SMILES string of the molecule is C[N+](C)(C)CCOP(=O)(O)OCC(COC(=O)CCCCCCCCCCCCCCCN=[N+]=[N-])OC(=O)CCCCCCCCCCCCCCCN=[N+]=[N-]. The van der Waals surface area contributed by atoms with Gasteiger partial charge in [-0.05, 0) is 36.7 Å². The number of rotatable bonds is 42. The molecule has 0 aliphatic heterocycles. The molecule has 15 nitrogen and oxygen atoms in total. The molecule has 2 atom stereocenters. The molecule has 2 unspecified atom stereocenters. The highest BCUT2D eigenvalue weighted by atomic mass is 31.2. The highest BCUT2D eigenvalue weighted by molar-refractivity contribution is 7.47. The Labute approximate surface area is 338 Å². The molecule has 0 saturated carbocycles. The van der Waals surface area contributed by atoms with E-state index in [0.29, 0.717) is 37.0 Å². The van der Waals surface area contributed by atoms with Crippen LogP contribution in [-0.4, -0.2) is 88.0 Å². The van der Waals surface area contributed by atoms with Crippen molar-refractivity contribution in [1.82, 2.24) is 0 Å². The molecule has 16 heteroatoms. The fourth-order valence-electron chi connectivity index (χ4n) is 6.15. The lowest BCUT2D eigenvalue weighted by atomic mass is 10.0. The lowest BCUT2D eigenvalue weighted by Gasteiger charge is -2.24. The number of hydrogen-bond donors (Lipinski definition) is 1. The van der Waals surface area contributed by atoms with Crippen LogP contribution in [0.5, 0.6) is 0 Å². The maximum Gasteiger partial charge on any atom is 0.472 e. The van der Waals surface area contributed by atoms with Gasteiger partial charge in [0.25, 0.3) is 0 Å². The van der Waals surface area contributed by atoms with E-state index in [9.17, 15) is 19.0 Å². The van der Waals surface area contributed by atoms with E-state index in [1.165, 1.54) is 89.9 Å². The molecular weight excluding hydrogens is 737 g/mol. The Morgan fingerprint density at radius 3 is 1.30 bits per heavy atom. The largest absolute Gasteiger partial charge is 0.472 e. The van der Waals surface area contributed by atoms with Gasteiger partial charge in [0.05, 0.1) is 27.7 Å². The molecule has 0 aromatic rings. The summed E-state index contributed by atoms with van der Waals surface area (Å²) in [6.07, 6.45) is 28.5. The average Bonchev–Trinajstić information content (AvgIpc) is 3.15. The molecule has 0 aliphatic carbocycles. The van der Waals surface area contributed by atoms with Crippen LogP contribution in [0.3, 0.4) is 0 Å². The standard InChI is InChI=1S/C40H78N7O8P/c1-47(2,3)34-35-53-56(50,51)54-37-38(55-40(49)31-27-23-19-15-11-7-5-9-13-17-21-25-29-33-44-46-42)36-52-39(48)30-26-22-18-14-10-6-4-8-12-16-20-24-28-32-43-45-41/h38H,4-37H2,1-3H3/p+1. The second kappa shape index (κ2) is 38.2. The summed E-state index contributed by atoms with van der Waals surface area (Å²) in [6.45, 7) is 1.04. The van der Waals surface area contributed by atoms with Crippen molar-refractivity contribution < 1.29 is 42.1 Å². The normalized spacial score (nSPS) is 13.0. The number of carbonyl (C=O) groups is 2. The van der Waals surface area contributed by atoms with E-state index in [0.717, 1.165) is 64.2 Å². The van der Waals surface area contributed by atoms with Crippen LogP contribution in [0.2, 0.25) is 0 Å². The first-order valence-corrected chi connectivity index (χ1v) is 23.3. The monoisotopic (exact) mass is 817 g/mol. The molecule has 1 N–H and O–H groups in total. The van der Waals surface area contributed by atoms with Gasteiger partial charge in [0.1, 0.15) is 19.8 Å². The minimum atomic E-state index is -4.39. The van der Waals surface area contributed by atoms with Gasteiger partial charge < -0.3 is 18.9 Å². The molecule has 0 heterocycles. The first kappa shape index (κ1) is 53.6. The summed E-state index contributed by atoms with van der Waals surface area (Å²) in [5.74, 6) is -0.848. The molecule has 56 heavy (non-hydrogen) atoms. The van der Waals surface area contributed by atoms with Crippen molar-refractivity contribution in [3.05, 3.63) is 20.9 Å². The number of hydrogen-bond acceptors (Lipinski definition) is 9. The van der Waals surface area contributed by atoms with E-state index >= 15 is 0 Å². The van der Waals surface area contributed by atoms with Crippen molar-refractivity contribution >= 4 is 19.8 Å². The number of quaternary nitrogens is 1. The van der Waals surface area contributed by atoms with Gasteiger partial charge in [-0.15, -0.1) is 0 Å². The molecule has 0 radical (unpaired) electrons. The minimum absolute atomic E-state index is 0.0160. The van der Waals surface area contributed by atoms with Crippen LogP contribution >= 0.6 is 7.82 Å². The third-order valence-corrected chi connectivity index (χ3v) is 10.6. The van der Waals surface area contributed by atoms with Crippen molar-refractivity contribution in [3.63, 3.8) is 0 Å². The Hall–Kier alpha value is -2.37. The topological polar surface area (TPSA) is 206 Å². The second-order valence-corrected chi connectivity index (χ2v) is 17.5. The number of likely N-dealkylation sites (N-methyl/N-ethyl adjacent to an activating group) is 1. The third kappa shape index (κ3) is 41.3. The van der Waals surface area contributed by atoms with Crippen LogP contribution in [0, 0.1) is 0 Å². The summed E-state index contributed by atoms with van der Waals surface area (Å²) in [7, 11) is 1.42. The molecule has 0 amide bonds. The van der Waals surface area contributed by atoms with Gasteiger partial charge in [-0.25, -0.2) is 4.57 Å². The van der Waals surface area contributed by atoms with Crippen LogP contribution in [0.4, 0.5) is 0 Å². The van der Waals surface area contributed by atoms with Crippen LogP contribution in [0.1, 0.15) is 180 Å². The van der Waals surface area contributed by atoms with Crippen LogP contribution in [0.15, 0.2) is 10.2 Å². The lowest BCUT2D eigenvalue weighted by molar-refractivity contribution is -0.870. The zero-order valence-electron chi connectivity index (χ0n) is 35.5. The smallest absolute Gasteiger partial charge is 0.462 e. The van der Waals surface area contributed by atoms with Gasteiger partial charge in [-0.2, -0.15) is 0 Å². The Bertz CT molecular complexity index is 1110. The maximum atomic E-state index is 12.7. The van der Waals surface area contributed by atoms with E-state index in [1.807, 2.05) is 21.1 Å². The number of phosphoric acid groups is 1. The fraction of sp³-hybridized carbons (Fsp3) is 0.950. The molecule has 0 aliphatic rings. The summed E-state index contributed by atoms with van der Waals surface area (Å²) in [6, 6.07) is 0. The molecule has 0 rings (SSSR count). The van der Waals surface area contributed by atoms with E-state index in [4.69, 9.17) is 29.6 Å². The minimum Gasteiger partial charge on any atom is -0.462 e. The summed E-state index contributed by atoms with van der Waals surface area (Å²) < 4.78 is 34.2. The van der Waals surface area contributed by atoms with Gasteiger partial charge in [0.2, 0.25) is 0 Å². The number of ether oxygens (including phenoxy) is 2. The zero-order valence-corrected chi connectivity index (χ0v) is 36.4. The van der Waals surface area contributed by atoms with Crippen molar-refractivity contribution in [2.24, 2.45) is 10.2 Å². The predicted molar refractivity (Wildman–Crippen MR) is 223 cm³/mol. The van der Waals surface area contributed by atoms with E-state index in [2.05, 4.69) is 20.1 Å². The second-order valence-electron chi connectivity index (χ2n) is 16.0. The van der Waals surface area contributed by atoms with Gasteiger partial charge >= 0.3 is 19.8 Å². The van der Waals surface area contributed by atoms with Gasteiger partial charge in [0.15, 0.2) is 6.10 Å². The molecule has 0 aromatic heterocycles. The maximum absolute atomic E-state index is 12.7. The lowest BCUT2D eigenvalue weighted by Crippen LogP contribution is -2.37. The zero-order chi connectivity index (χ0) is 41.4. The van der Waals surface area contributed by atoms with Crippen molar-refractivity contribution in [3.8, 4) is 0 Å². The number of unbranched alkanes of at least 4 members (excludes halogenated alkanes) is 24. The Kier molecular flexibility index (Phi) is 36.5. The molecule has 0 saturated heterocycles. The predicted octanol–water partition coefficient (Wildman–Crippen LogP) is 11.8. The molecular formula is C40H79N7O8P+. The van der Waals surface area contributed by atoms with Crippen molar-refractivity contribution in [1.29, 1.82) is 0 Å². The van der Waals surface area contributed by atoms with Gasteiger partial charge in [0, 0.05) is 35.8 Å².